The first-order valence-electron chi connectivity index (χ1n) is 6.14. The average Bonchev–Trinajstić information content (AvgIpc) is 2.94. The Labute approximate surface area is 126 Å². The second-order valence-electron chi connectivity index (χ2n) is 4.31. The number of halogens is 2. The van der Waals surface area contributed by atoms with Gasteiger partial charge in [0.25, 0.3) is 0 Å². The Morgan fingerprint density at radius 1 is 1.38 bits per heavy atom. The van der Waals surface area contributed by atoms with Gasteiger partial charge < -0.3 is 10.2 Å². The molecule has 0 aliphatic carbocycles. The molecule has 2 rings (SSSR count). The topological polar surface area (TPSA) is 85.3 Å². The van der Waals surface area contributed by atoms with Crippen LogP contribution in [0.5, 0.6) is 0 Å². The molecular formula is C13H14ClFN2O3S. The number of sulfonamides is 1. The first kappa shape index (κ1) is 16.0. The van der Waals surface area contributed by atoms with Gasteiger partial charge in [-0.25, -0.2) is 17.5 Å². The van der Waals surface area contributed by atoms with Crippen LogP contribution in [-0.4, -0.2) is 15.0 Å². The second kappa shape index (κ2) is 6.57. The van der Waals surface area contributed by atoms with Crippen molar-refractivity contribution >= 4 is 21.6 Å². The molecule has 0 aliphatic heterocycles. The zero-order chi connectivity index (χ0) is 15.5. The van der Waals surface area contributed by atoms with Gasteiger partial charge in [0.05, 0.1) is 16.2 Å². The maximum absolute atomic E-state index is 13.6. The van der Waals surface area contributed by atoms with Crippen LogP contribution < -0.4 is 10.5 Å². The summed E-state index contributed by atoms with van der Waals surface area (Å²) in [5, 5.41) is -0.160. The van der Waals surface area contributed by atoms with E-state index in [4.69, 9.17) is 21.8 Å². The van der Waals surface area contributed by atoms with E-state index in [9.17, 15) is 12.8 Å². The van der Waals surface area contributed by atoms with E-state index in [-0.39, 0.29) is 28.6 Å². The monoisotopic (exact) mass is 332 g/mol. The van der Waals surface area contributed by atoms with Gasteiger partial charge in [-0.1, -0.05) is 11.6 Å². The standard InChI is InChI=1S/C13H14ClFN2O3S/c14-13-9(8-16)6-11(7-12(13)15)21(18,19)17-4-3-10-2-1-5-20-10/h1-2,5-7,17H,3-4,8,16H2. The summed E-state index contributed by atoms with van der Waals surface area (Å²) in [5.41, 5.74) is 5.66. The summed E-state index contributed by atoms with van der Waals surface area (Å²) >= 11 is 5.70. The lowest BCUT2D eigenvalue weighted by atomic mass is 10.2. The number of rotatable bonds is 6. The van der Waals surface area contributed by atoms with Crippen LogP contribution in [0.1, 0.15) is 11.3 Å². The lowest BCUT2D eigenvalue weighted by Crippen LogP contribution is -2.26. The zero-order valence-corrected chi connectivity index (χ0v) is 12.5. The lowest BCUT2D eigenvalue weighted by molar-refractivity contribution is 0.505. The van der Waals surface area contributed by atoms with Crippen LogP contribution >= 0.6 is 11.6 Å². The first-order chi connectivity index (χ1) is 9.94. The number of hydrogen-bond acceptors (Lipinski definition) is 4. The van der Waals surface area contributed by atoms with Gasteiger partial charge in [0.15, 0.2) is 0 Å². The molecule has 0 atom stereocenters. The molecular weight excluding hydrogens is 319 g/mol. The fourth-order valence-electron chi connectivity index (χ4n) is 1.77. The van der Waals surface area contributed by atoms with Crippen LogP contribution in [0.2, 0.25) is 5.02 Å². The molecule has 1 aromatic carbocycles. The molecule has 3 N–H and O–H groups in total. The number of nitrogens with two attached hydrogens (primary N) is 1. The van der Waals surface area contributed by atoms with Crippen LogP contribution in [-0.2, 0) is 23.0 Å². The van der Waals surface area contributed by atoms with E-state index in [1.807, 2.05) is 0 Å². The third-order valence-corrected chi connectivity index (χ3v) is 4.71. The fraction of sp³-hybridized carbons (Fsp3) is 0.231. The molecule has 0 saturated heterocycles. The number of benzene rings is 1. The van der Waals surface area contributed by atoms with Gasteiger partial charge in [0, 0.05) is 19.5 Å². The normalized spacial score (nSPS) is 11.8. The predicted molar refractivity (Wildman–Crippen MR) is 76.9 cm³/mol. The summed E-state index contributed by atoms with van der Waals surface area (Å²) in [6, 6.07) is 5.59. The highest BCUT2D eigenvalue weighted by molar-refractivity contribution is 7.89. The van der Waals surface area contributed by atoms with Gasteiger partial charge in [-0.15, -0.1) is 0 Å². The van der Waals surface area contributed by atoms with E-state index in [1.54, 1.807) is 12.1 Å². The SMILES string of the molecule is NCc1cc(S(=O)(=O)NCCc2ccco2)cc(F)c1Cl. The van der Waals surface area contributed by atoms with E-state index >= 15 is 0 Å². The number of hydrogen-bond donors (Lipinski definition) is 2. The molecule has 8 heteroatoms. The molecule has 0 spiro atoms. The van der Waals surface area contributed by atoms with Crippen LogP contribution in [0.15, 0.2) is 39.8 Å². The fourth-order valence-corrected chi connectivity index (χ4v) is 3.05. The van der Waals surface area contributed by atoms with Gasteiger partial charge in [-0.2, -0.15) is 0 Å². The molecule has 2 aromatic rings. The predicted octanol–water partition coefficient (Wildman–Crippen LogP) is 2.05. The molecule has 5 nitrogen and oxygen atoms in total. The molecule has 0 saturated carbocycles. The number of furan rings is 1. The van der Waals surface area contributed by atoms with Crippen LogP contribution in [0.25, 0.3) is 0 Å². The highest BCUT2D eigenvalue weighted by Gasteiger charge is 2.18. The van der Waals surface area contributed by atoms with Gasteiger partial charge in [0.1, 0.15) is 11.6 Å². The van der Waals surface area contributed by atoms with E-state index in [2.05, 4.69) is 4.72 Å². The Balaban J connectivity index is 2.13. The maximum atomic E-state index is 13.6. The summed E-state index contributed by atoms with van der Waals surface area (Å²) in [6.07, 6.45) is 1.90. The zero-order valence-electron chi connectivity index (χ0n) is 11.0. The average molecular weight is 333 g/mol. The minimum Gasteiger partial charge on any atom is -0.469 e. The van der Waals surface area contributed by atoms with Crippen LogP contribution in [0.4, 0.5) is 4.39 Å². The first-order valence-corrected chi connectivity index (χ1v) is 8.00. The Bertz CT molecular complexity index is 717. The highest BCUT2D eigenvalue weighted by Crippen LogP contribution is 2.24. The van der Waals surface area contributed by atoms with Gasteiger partial charge in [-0.3, -0.25) is 0 Å². The van der Waals surface area contributed by atoms with Crippen LogP contribution in [0, 0.1) is 5.82 Å². The van der Waals surface area contributed by atoms with E-state index in [1.165, 1.54) is 12.3 Å². The lowest BCUT2D eigenvalue weighted by Gasteiger charge is -2.09. The smallest absolute Gasteiger partial charge is 0.240 e. The van der Waals surface area contributed by atoms with E-state index in [0.29, 0.717) is 12.2 Å². The minimum atomic E-state index is -3.83. The molecule has 21 heavy (non-hydrogen) atoms. The largest absolute Gasteiger partial charge is 0.469 e. The van der Waals surface area contributed by atoms with E-state index < -0.39 is 15.8 Å². The molecule has 0 bridgehead atoms. The Hall–Kier alpha value is -1.41. The quantitative estimate of drug-likeness (QED) is 0.847. The number of nitrogens with one attached hydrogen (secondary N) is 1. The molecule has 0 fully saturated rings. The van der Waals surface area contributed by atoms with E-state index in [0.717, 1.165) is 6.07 Å². The Morgan fingerprint density at radius 3 is 2.76 bits per heavy atom. The van der Waals surface area contributed by atoms with Crippen molar-refractivity contribution in [3.63, 3.8) is 0 Å². The second-order valence-corrected chi connectivity index (χ2v) is 6.45. The molecule has 0 aliphatic rings. The van der Waals surface area contributed by atoms with Crippen LogP contribution in [0.3, 0.4) is 0 Å². The summed E-state index contributed by atoms with van der Waals surface area (Å²) in [5.74, 6) is -0.159. The Kier molecular flexibility index (Phi) is 5.00. The molecule has 0 radical (unpaired) electrons. The molecule has 0 amide bonds. The third-order valence-electron chi connectivity index (χ3n) is 2.85. The van der Waals surface area contributed by atoms with Crippen molar-refractivity contribution in [3.05, 3.63) is 52.7 Å². The van der Waals surface area contributed by atoms with Crippen molar-refractivity contribution in [3.8, 4) is 0 Å². The summed E-state index contributed by atoms with van der Waals surface area (Å²) < 4.78 is 45.3. The van der Waals surface area contributed by atoms with Gasteiger partial charge >= 0.3 is 0 Å². The molecule has 1 aromatic heterocycles. The summed E-state index contributed by atoms with van der Waals surface area (Å²) in [6.45, 7) is 0.0869. The molecule has 0 unspecified atom stereocenters. The Morgan fingerprint density at radius 2 is 2.14 bits per heavy atom. The van der Waals surface area contributed by atoms with Crippen molar-refractivity contribution in [2.75, 3.05) is 6.54 Å². The van der Waals surface area contributed by atoms with Crippen molar-refractivity contribution in [2.45, 2.75) is 17.9 Å². The van der Waals surface area contributed by atoms with Crippen molar-refractivity contribution in [1.29, 1.82) is 0 Å². The van der Waals surface area contributed by atoms with Crippen molar-refractivity contribution in [2.24, 2.45) is 5.73 Å². The highest BCUT2D eigenvalue weighted by atomic mass is 35.5. The third kappa shape index (κ3) is 3.82. The van der Waals surface area contributed by atoms with Crippen molar-refractivity contribution in [1.82, 2.24) is 4.72 Å². The van der Waals surface area contributed by atoms with Crippen molar-refractivity contribution < 1.29 is 17.2 Å². The van der Waals surface area contributed by atoms with Gasteiger partial charge in [-0.05, 0) is 29.8 Å². The maximum Gasteiger partial charge on any atom is 0.240 e. The summed E-state index contributed by atoms with van der Waals surface area (Å²) in [7, 11) is -3.83. The molecule has 1 heterocycles. The summed E-state index contributed by atoms with van der Waals surface area (Å²) in [4.78, 5) is -0.204. The minimum absolute atomic E-state index is 0.0501. The molecule has 114 valence electrons. The van der Waals surface area contributed by atoms with Gasteiger partial charge in [0.2, 0.25) is 10.0 Å².